The molecule has 0 atom stereocenters. The van der Waals surface area contributed by atoms with Crippen LogP contribution >= 0.6 is 0 Å². The van der Waals surface area contributed by atoms with E-state index in [1.807, 2.05) is 6.07 Å². The van der Waals surface area contributed by atoms with Crippen molar-refractivity contribution in [3.8, 4) is 0 Å². The summed E-state index contributed by atoms with van der Waals surface area (Å²) in [5.74, 6) is 0.0745. The molecule has 0 radical (unpaired) electrons. The van der Waals surface area contributed by atoms with Crippen molar-refractivity contribution in [1.29, 1.82) is 0 Å². The molecule has 0 aliphatic rings. The molecule has 0 bridgehead atoms. The van der Waals surface area contributed by atoms with Gasteiger partial charge in [0, 0.05) is 19.5 Å². The summed E-state index contributed by atoms with van der Waals surface area (Å²) in [4.78, 5) is 11.3. The van der Waals surface area contributed by atoms with Crippen LogP contribution in [0, 0.1) is 0 Å². The Labute approximate surface area is 109 Å². The minimum absolute atomic E-state index is 0.0745. The molecule has 0 unspecified atom stereocenters. The fourth-order valence-corrected chi connectivity index (χ4v) is 1.66. The number of aryl methyl sites for hydroxylation is 1. The Morgan fingerprint density at radius 2 is 2.00 bits per heavy atom. The van der Waals surface area contributed by atoms with Crippen LogP contribution in [0.2, 0.25) is 0 Å². The predicted octanol–water partition coefficient (Wildman–Crippen LogP) is 1.90. The first kappa shape index (κ1) is 14.5. The summed E-state index contributed by atoms with van der Waals surface area (Å²) >= 11 is 0. The summed E-state index contributed by atoms with van der Waals surface area (Å²) in [6, 6.07) is 10.4. The maximum Gasteiger partial charge on any atom is 0.221 e. The van der Waals surface area contributed by atoms with E-state index in [4.69, 9.17) is 0 Å². The van der Waals surface area contributed by atoms with E-state index >= 15 is 0 Å². The summed E-state index contributed by atoms with van der Waals surface area (Å²) in [7, 11) is 0. The zero-order valence-electron chi connectivity index (χ0n) is 10.8. The number of nitrogens with one attached hydrogen (secondary N) is 2. The van der Waals surface area contributed by atoms with Gasteiger partial charge in [-0.15, -0.1) is 6.58 Å². The van der Waals surface area contributed by atoms with Crippen LogP contribution in [0.1, 0.15) is 18.4 Å². The number of hydrogen-bond acceptors (Lipinski definition) is 2. The van der Waals surface area contributed by atoms with Crippen LogP contribution in [0.3, 0.4) is 0 Å². The summed E-state index contributed by atoms with van der Waals surface area (Å²) in [5.41, 5.74) is 1.36. The van der Waals surface area contributed by atoms with E-state index in [9.17, 15) is 4.79 Å². The third-order valence-electron chi connectivity index (χ3n) is 2.63. The maximum atomic E-state index is 11.3. The molecule has 0 fully saturated rings. The number of rotatable bonds is 9. The highest BCUT2D eigenvalue weighted by molar-refractivity contribution is 5.76. The SMILES string of the molecule is C=CCNC(=O)CCNCCCc1ccccc1. The molecule has 0 saturated carbocycles. The predicted molar refractivity (Wildman–Crippen MR) is 75.5 cm³/mol. The Bertz CT molecular complexity index is 349. The first-order chi connectivity index (χ1) is 8.83. The zero-order valence-corrected chi connectivity index (χ0v) is 10.8. The van der Waals surface area contributed by atoms with Gasteiger partial charge in [0.1, 0.15) is 0 Å². The van der Waals surface area contributed by atoms with E-state index in [2.05, 4.69) is 41.5 Å². The van der Waals surface area contributed by atoms with Crippen LogP contribution in [-0.4, -0.2) is 25.5 Å². The van der Waals surface area contributed by atoms with Gasteiger partial charge in [-0.1, -0.05) is 36.4 Å². The maximum absolute atomic E-state index is 11.3. The van der Waals surface area contributed by atoms with Gasteiger partial charge in [-0.3, -0.25) is 4.79 Å². The third kappa shape index (κ3) is 6.86. The van der Waals surface area contributed by atoms with Gasteiger partial charge in [-0.2, -0.15) is 0 Å². The quantitative estimate of drug-likeness (QED) is 0.516. The largest absolute Gasteiger partial charge is 0.353 e. The Kier molecular flexibility index (Phi) is 7.57. The molecule has 3 nitrogen and oxygen atoms in total. The van der Waals surface area contributed by atoms with E-state index < -0.39 is 0 Å². The molecule has 3 heteroatoms. The Hall–Kier alpha value is -1.61. The molecule has 0 heterocycles. The van der Waals surface area contributed by atoms with Crippen LogP contribution in [0.5, 0.6) is 0 Å². The molecule has 18 heavy (non-hydrogen) atoms. The second-order valence-corrected chi connectivity index (χ2v) is 4.18. The fourth-order valence-electron chi connectivity index (χ4n) is 1.66. The van der Waals surface area contributed by atoms with E-state index in [1.54, 1.807) is 6.08 Å². The number of benzene rings is 1. The lowest BCUT2D eigenvalue weighted by molar-refractivity contribution is -0.120. The van der Waals surface area contributed by atoms with Gasteiger partial charge >= 0.3 is 0 Å². The number of hydrogen-bond donors (Lipinski definition) is 2. The molecule has 0 aliphatic carbocycles. The molecule has 1 rings (SSSR count). The first-order valence-electron chi connectivity index (χ1n) is 6.45. The molecule has 1 aromatic carbocycles. The van der Waals surface area contributed by atoms with E-state index in [0.717, 1.165) is 25.9 Å². The highest BCUT2D eigenvalue weighted by atomic mass is 16.1. The Balaban J connectivity index is 1.96. The number of carbonyl (C=O) groups is 1. The Morgan fingerprint density at radius 1 is 1.22 bits per heavy atom. The van der Waals surface area contributed by atoms with Crippen molar-refractivity contribution < 1.29 is 4.79 Å². The summed E-state index contributed by atoms with van der Waals surface area (Å²) < 4.78 is 0. The van der Waals surface area contributed by atoms with Crippen LogP contribution in [0.25, 0.3) is 0 Å². The normalized spacial score (nSPS) is 10.0. The molecule has 1 amide bonds. The van der Waals surface area contributed by atoms with Crippen LogP contribution in [0.15, 0.2) is 43.0 Å². The minimum atomic E-state index is 0.0745. The summed E-state index contributed by atoms with van der Waals surface area (Å²) in [6.45, 7) is 5.78. The van der Waals surface area contributed by atoms with Gasteiger partial charge in [-0.05, 0) is 24.9 Å². The lowest BCUT2D eigenvalue weighted by atomic mass is 10.1. The van der Waals surface area contributed by atoms with Crippen LogP contribution in [0.4, 0.5) is 0 Å². The summed E-state index contributed by atoms with van der Waals surface area (Å²) in [6.07, 6.45) is 4.39. The standard InChI is InChI=1S/C15H22N2O/c1-2-11-17-15(18)10-13-16-12-6-9-14-7-4-3-5-8-14/h2-5,7-8,16H,1,6,9-13H2,(H,17,18). The van der Waals surface area contributed by atoms with Gasteiger partial charge < -0.3 is 10.6 Å². The molecule has 2 N–H and O–H groups in total. The van der Waals surface area contributed by atoms with Crippen molar-refractivity contribution in [1.82, 2.24) is 10.6 Å². The highest BCUT2D eigenvalue weighted by Crippen LogP contribution is 2.01. The van der Waals surface area contributed by atoms with E-state index in [-0.39, 0.29) is 5.91 Å². The lowest BCUT2D eigenvalue weighted by Gasteiger charge is -2.05. The highest BCUT2D eigenvalue weighted by Gasteiger charge is 1.98. The first-order valence-corrected chi connectivity index (χ1v) is 6.45. The average Bonchev–Trinajstić information content (AvgIpc) is 2.41. The van der Waals surface area contributed by atoms with Gasteiger partial charge in [0.05, 0.1) is 0 Å². The van der Waals surface area contributed by atoms with E-state index in [1.165, 1.54) is 5.56 Å². The average molecular weight is 246 g/mol. The number of carbonyl (C=O) groups excluding carboxylic acids is 1. The van der Waals surface area contributed by atoms with Crippen molar-refractivity contribution in [2.45, 2.75) is 19.3 Å². The van der Waals surface area contributed by atoms with E-state index in [0.29, 0.717) is 13.0 Å². The lowest BCUT2D eigenvalue weighted by Crippen LogP contribution is -2.28. The second-order valence-electron chi connectivity index (χ2n) is 4.18. The van der Waals surface area contributed by atoms with Gasteiger partial charge in [0.2, 0.25) is 5.91 Å². The summed E-state index contributed by atoms with van der Waals surface area (Å²) in [5, 5.41) is 6.03. The molecule has 98 valence electrons. The Morgan fingerprint density at radius 3 is 2.72 bits per heavy atom. The van der Waals surface area contributed by atoms with Crippen molar-refractivity contribution in [3.05, 3.63) is 48.6 Å². The van der Waals surface area contributed by atoms with Crippen LogP contribution in [-0.2, 0) is 11.2 Å². The van der Waals surface area contributed by atoms with Crippen LogP contribution < -0.4 is 10.6 Å². The van der Waals surface area contributed by atoms with Crippen molar-refractivity contribution >= 4 is 5.91 Å². The molecule has 0 spiro atoms. The monoisotopic (exact) mass is 246 g/mol. The van der Waals surface area contributed by atoms with Crippen molar-refractivity contribution in [2.75, 3.05) is 19.6 Å². The molecule has 0 aliphatic heterocycles. The van der Waals surface area contributed by atoms with Gasteiger partial charge in [0.25, 0.3) is 0 Å². The third-order valence-corrected chi connectivity index (χ3v) is 2.63. The minimum Gasteiger partial charge on any atom is -0.353 e. The smallest absolute Gasteiger partial charge is 0.221 e. The zero-order chi connectivity index (χ0) is 13.1. The fraction of sp³-hybridized carbons (Fsp3) is 0.400. The molecular weight excluding hydrogens is 224 g/mol. The molecule has 0 aromatic heterocycles. The molecule has 0 saturated heterocycles. The van der Waals surface area contributed by atoms with Crippen molar-refractivity contribution in [3.63, 3.8) is 0 Å². The van der Waals surface area contributed by atoms with Gasteiger partial charge in [0.15, 0.2) is 0 Å². The van der Waals surface area contributed by atoms with Gasteiger partial charge in [-0.25, -0.2) is 0 Å². The molecular formula is C15H22N2O. The second kappa shape index (κ2) is 9.42. The molecule has 1 aromatic rings. The number of amides is 1. The van der Waals surface area contributed by atoms with Crippen molar-refractivity contribution in [2.24, 2.45) is 0 Å². The topological polar surface area (TPSA) is 41.1 Å².